The Morgan fingerprint density at radius 1 is 0.633 bits per heavy atom. The highest BCUT2D eigenvalue weighted by molar-refractivity contribution is 5.71. The molecule has 0 spiro atoms. The van der Waals surface area contributed by atoms with Gasteiger partial charge in [-0.15, -0.1) is 0 Å². The molecule has 30 heavy (non-hydrogen) atoms. The minimum Gasteiger partial charge on any atom is -0.549 e. The number of aliphatic carboxylic acids is 3. The monoisotopic (exact) mass is 430 g/mol. The number of carboxylic acids is 3. The molecule has 1 fully saturated rings. The van der Waals surface area contributed by atoms with Crippen LogP contribution < -0.4 is 20.8 Å². The summed E-state index contributed by atoms with van der Waals surface area (Å²) in [5.41, 5.74) is 2.29. The number of carbonyl (C=O) groups is 4. The first-order valence-electron chi connectivity index (χ1n) is 9.55. The van der Waals surface area contributed by atoms with Gasteiger partial charge in [0.15, 0.2) is 0 Å². The molecule has 0 radical (unpaired) electrons. The first kappa shape index (κ1) is 25.7. The molecule has 0 amide bonds. The normalized spacial score (nSPS) is 18.8. The zero-order valence-electron chi connectivity index (χ0n) is 17.0. The summed E-state index contributed by atoms with van der Waals surface area (Å²) in [7, 11) is 1.44. The molecule has 0 aromatic carbocycles. The van der Waals surface area contributed by atoms with Crippen molar-refractivity contribution in [2.24, 2.45) is 0 Å². The minimum atomic E-state index is -1.28. The fourth-order valence-corrected chi connectivity index (χ4v) is 3.09. The molecule has 0 atom stereocenters. The van der Waals surface area contributed by atoms with Gasteiger partial charge < -0.3 is 34.5 Å². The number of rotatable bonds is 9. The highest BCUT2D eigenvalue weighted by Crippen LogP contribution is 2.01. The quantitative estimate of drug-likeness (QED) is 0.342. The molecule has 13 nitrogen and oxygen atoms in total. The van der Waals surface area contributed by atoms with Crippen LogP contribution in [0.4, 0.5) is 0 Å². The van der Waals surface area contributed by atoms with E-state index in [9.17, 15) is 34.5 Å². The first-order chi connectivity index (χ1) is 14.2. The maximum Gasteiger partial charge on any atom is 0.338 e. The molecule has 1 aliphatic rings. The van der Waals surface area contributed by atoms with E-state index in [2.05, 4.69) is 5.48 Å². The number of carbonyl (C=O) groups excluding carboxylic acids is 4. The largest absolute Gasteiger partial charge is 0.549 e. The molecule has 1 heterocycles. The van der Waals surface area contributed by atoms with Crippen LogP contribution >= 0.6 is 0 Å². The minimum absolute atomic E-state index is 0.0734. The molecule has 172 valence electrons. The zero-order valence-corrected chi connectivity index (χ0v) is 17.0. The van der Waals surface area contributed by atoms with Gasteiger partial charge in [-0.3, -0.25) is 19.6 Å². The van der Waals surface area contributed by atoms with E-state index in [-0.39, 0.29) is 65.4 Å². The van der Waals surface area contributed by atoms with E-state index in [1.165, 1.54) is 7.05 Å². The summed E-state index contributed by atoms with van der Waals surface area (Å²) >= 11 is 0. The summed E-state index contributed by atoms with van der Waals surface area (Å²) in [5.74, 6) is -4.36. The van der Waals surface area contributed by atoms with E-state index in [4.69, 9.17) is 4.84 Å². The van der Waals surface area contributed by atoms with Crippen molar-refractivity contribution in [1.82, 2.24) is 25.1 Å². The first-order valence-corrected chi connectivity index (χ1v) is 9.55. The summed E-state index contributed by atoms with van der Waals surface area (Å²) in [4.78, 5) is 56.1. The van der Waals surface area contributed by atoms with Gasteiger partial charge in [0.2, 0.25) is 0 Å². The molecule has 0 aromatic heterocycles. The van der Waals surface area contributed by atoms with Crippen molar-refractivity contribution >= 4 is 23.9 Å². The number of nitrogens with one attached hydrogen (secondary N) is 1. The molecule has 0 bridgehead atoms. The van der Waals surface area contributed by atoms with Gasteiger partial charge in [-0.1, -0.05) is 0 Å². The lowest BCUT2D eigenvalue weighted by atomic mass is 10.3. The van der Waals surface area contributed by atoms with Crippen molar-refractivity contribution in [2.45, 2.75) is 0 Å². The van der Waals surface area contributed by atoms with Gasteiger partial charge in [-0.25, -0.2) is 4.79 Å². The van der Waals surface area contributed by atoms with Gasteiger partial charge in [0.05, 0.1) is 24.5 Å². The van der Waals surface area contributed by atoms with Gasteiger partial charge in [0.25, 0.3) is 0 Å². The molecule has 1 rings (SSSR count). The van der Waals surface area contributed by atoms with Crippen LogP contribution in [0.25, 0.3) is 0 Å². The van der Waals surface area contributed by atoms with E-state index in [0.29, 0.717) is 13.1 Å². The van der Waals surface area contributed by atoms with E-state index in [1.807, 2.05) is 0 Å². The second-order valence-corrected chi connectivity index (χ2v) is 6.90. The number of carboxylic acid groups (broad SMARTS) is 3. The topological polar surface area (TPSA) is 172 Å². The fourth-order valence-electron chi connectivity index (χ4n) is 3.09. The third kappa shape index (κ3) is 11.6. The van der Waals surface area contributed by atoms with Crippen LogP contribution in [0.3, 0.4) is 0 Å². The van der Waals surface area contributed by atoms with Gasteiger partial charge in [-0.05, 0) is 0 Å². The Morgan fingerprint density at radius 3 is 1.13 bits per heavy atom. The second kappa shape index (κ2) is 13.8. The molecular weight excluding hydrogens is 402 g/mol. The SMILES string of the molecule is CNOC(=O)CN1CCN(CC(=O)[O-])CCN(CC(=O)[O-])CCN(CC(=O)[O-])CC1. The molecule has 1 N–H and O–H groups in total. The smallest absolute Gasteiger partial charge is 0.338 e. The van der Waals surface area contributed by atoms with Crippen molar-refractivity contribution in [2.75, 3.05) is 85.6 Å². The maximum absolute atomic E-state index is 11.8. The highest BCUT2D eigenvalue weighted by atomic mass is 16.7. The van der Waals surface area contributed by atoms with Crippen molar-refractivity contribution in [3.63, 3.8) is 0 Å². The predicted molar refractivity (Wildman–Crippen MR) is 95.9 cm³/mol. The number of hydroxylamine groups is 1. The molecule has 13 heteroatoms. The average Bonchev–Trinajstić information content (AvgIpc) is 2.62. The highest BCUT2D eigenvalue weighted by Gasteiger charge is 2.19. The summed E-state index contributed by atoms with van der Waals surface area (Å²) < 4.78 is 0. The van der Waals surface area contributed by atoms with Crippen LogP contribution in [-0.4, -0.2) is 129 Å². The third-order valence-corrected chi connectivity index (χ3v) is 4.56. The molecule has 1 saturated heterocycles. The summed E-state index contributed by atoms with van der Waals surface area (Å²) in [6, 6.07) is 0. The van der Waals surface area contributed by atoms with Crippen LogP contribution in [0.5, 0.6) is 0 Å². The Balaban J connectivity index is 2.92. The molecule has 0 aromatic rings. The average molecular weight is 430 g/mol. The van der Waals surface area contributed by atoms with Gasteiger partial charge in [0, 0.05) is 79.0 Å². The molecular formula is C17H28N5O8-3. The molecule has 0 unspecified atom stereocenters. The Hall–Kier alpha value is -2.32. The Morgan fingerprint density at radius 2 is 0.900 bits per heavy atom. The fraction of sp³-hybridized carbons (Fsp3) is 0.765. The Kier molecular flexibility index (Phi) is 11.8. The summed E-state index contributed by atoms with van der Waals surface area (Å²) in [6.07, 6.45) is 0. The van der Waals surface area contributed by atoms with E-state index in [1.54, 1.807) is 19.6 Å². The summed E-state index contributed by atoms with van der Waals surface area (Å²) in [5, 5.41) is 33.1. The maximum atomic E-state index is 11.8. The molecule has 0 aliphatic carbocycles. The Labute approximate surface area is 174 Å². The zero-order chi connectivity index (χ0) is 22.5. The van der Waals surface area contributed by atoms with Crippen LogP contribution in [0.15, 0.2) is 0 Å². The van der Waals surface area contributed by atoms with E-state index in [0.717, 1.165) is 0 Å². The van der Waals surface area contributed by atoms with Gasteiger partial charge in [-0.2, -0.15) is 5.48 Å². The lowest BCUT2D eigenvalue weighted by Crippen LogP contribution is -2.51. The van der Waals surface area contributed by atoms with E-state index < -0.39 is 23.9 Å². The lowest BCUT2D eigenvalue weighted by Gasteiger charge is -2.34. The van der Waals surface area contributed by atoms with Gasteiger partial charge in [0.1, 0.15) is 0 Å². The van der Waals surface area contributed by atoms with Crippen molar-refractivity contribution in [3.8, 4) is 0 Å². The van der Waals surface area contributed by atoms with Crippen LogP contribution in [0, 0.1) is 0 Å². The van der Waals surface area contributed by atoms with Crippen molar-refractivity contribution in [1.29, 1.82) is 0 Å². The molecule has 0 saturated carbocycles. The number of hydrogen-bond acceptors (Lipinski definition) is 13. The van der Waals surface area contributed by atoms with Crippen molar-refractivity contribution < 1.29 is 39.3 Å². The predicted octanol–water partition coefficient (Wildman–Crippen LogP) is -6.86. The van der Waals surface area contributed by atoms with Crippen molar-refractivity contribution in [3.05, 3.63) is 0 Å². The third-order valence-electron chi connectivity index (χ3n) is 4.56. The summed E-state index contributed by atoms with van der Waals surface area (Å²) in [6.45, 7) is 1.03. The number of nitrogens with zero attached hydrogens (tertiary/aromatic N) is 4. The van der Waals surface area contributed by atoms with E-state index >= 15 is 0 Å². The van der Waals surface area contributed by atoms with Gasteiger partial charge >= 0.3 is 5.97 Å². The Bertz CT molecular complexity index is 558. The van der Waals surface area contributed by atoms with Crippen LogP contribution in [0.1, 0.15) is 0 Å². The molecule has 1 aliphatic heterocycles. The van der Waals surface area contributed by atoms with Crippen LogP contribution in [0.2, 0.25) is 0 Å². The lowest BCUT2D eigenvalue weighted by molar-refractivity contribution is -0.308. The second-order valence-electron chi connectivity index (χ2n) is 6.90. The standard InChI is InChI=1S/C17H31N5O8/c1-18-30-17(29)13-22-8-6-20(11-15(25)26)4-2-19(10-14(23)24)3-5-21(7-9-22)12-16(27)28/h18H,2-13H2,1H3,(H,23,24)(H,25,26)(H,27,28)/p-3. The van der Waals surface area contributed by atoms with Crippen LogP contribution in [-0.2, 0) is 24.0 Å². The number of hydrogen-bond donors (Lipinski definition) is 1.